The number of aryl methyl sites for hydroxylation is 1. The maximum atomic E-state index is 12.3. The van der Waals surface area contributed by atoms with E-state index in [2.05, 4.69) is 19.9 Å². The predicted octanol–water partition coefficient (Wildman–Crippen LogP) is 3.57. The van der Waals surface area contributed by atoms with Crippen LogP contribution in [0.25, 0.3) is 0 Å². The van der Waals surface area contributed by atoms with Gasteiger partial charge in [-0.2, -0.15) is 0 Å². The van der Waals surface area contributed by atoms with Crippen LogP contribution in [-0.4, -0.2) is 23.9 Å². The smallest absolute Gasteiger partial charge is 0.254 e. The average molecular weight is 251 g/mol. The van der Waals surface area contributed by atoms with Gasteiger partial charge in [0, 0.05) is 23.3 Å². The topological polar surface area (TPSA) is 20.3 Å². The number of hydrogen-bond donors (Lipinski definition) is 0. The first-order valence-corrected chi connectivity index (χ1v) is 7.45. The van der Waals surface area contributed by atoms with Crippen molar-refractivity contribution in [1.82, 2.24) is 4.90 Å². The third-order valence-electron chi connectivity index (χ3n) is 3.47. The largest absolute Gasteiger partial charge is 0.339 e. The van der Waals surface area contributed by atoms with Crippen molar-refractivity contribution in [1.29, 1.82) is 0 Å². The molecule has 1 aromatic rings. The molecule has 17 heavy (non-hydrogen) atoms. The lowest BCUT2D eigenvalue weighted by atomic mass is 9.99. The molecule has 1 aliphatic rings. The second kappa shape index (κ2) is 5.67. The summed E-state index contributed by atoms with van der Waals surface area (Å²) in [6.45, 7) is 6.30. The van der Waals surface area contributed by atoms with Crippen molar-refractivity contribution in [3.05, 3.63) is 21.9 Å². The summed E-state index contributed by atoms with van der Waals surface area (Å²) >= 11 is 1.72. The van der Waals surface area contributed by atoms with Gasteiger partial charge in [-0.1, -0.05) is 20.3 Å². The molecule has 2 nitrogen and oxygen atoms in total. The Balaban J connectivity index is 1.98. The van der Waals surface area contributed by atoms with Crippen molar-refractivity contribution >= 4 is 17.2 Å². The number of amides is 1. The fourth-order valence-corrected chi connectivity index (χ4v) is 3.23. The Labute approximate surface area is 108 Å². The molecule has 1 aliphatic heterocycles. The molecule has 0 atom stereocenters. The van der Waals surface area contributed by atoms with Gasteiger partial charge in [0.05, 0.1) is 5.56 Å². The molecule has 0 spiro atoms. The number of piperidine rings is 1. The predicted molar refractivity (Wildman–Crippen MR) is 72.6 cm³/mol. The van der Waals surface area contributed by atoms with Gasteiger partial charge in [-0.05, 0) is 31.2 Å². The molecule has 0 bridgehead atoms. The minimum absolute atomic E-state index is 0.232. The Morgan fingerprint density at radius 3 is 2.82 bits per heavy atom. The van der Waals surface area contributed by atoms with E-state index in [4.69, 9.17) is 0 Å². The minimum atomic E-state index is 0.232. The van der Waals surface area contributed by atoms with Crippen LogP contribution < -0.4 is 0 Å². The number of carbonyl (C=O) groups is 1. The number of rotatable bonds is 3. The molecule has 1 fully saturated rings. The van der Waals surface area contributed by atoms with Crippen LogP contribution in [0, 0.1) is 5.92 Å². The molecule has 0 unspecified atom stereocenters. The van der Waals surface area contributed by atoms with Crippen LogP contribution in [0.1, 0.15) is 48.3 Å². The monoisotopic (exact) mass is 251 g/mol. The van der Waals surface area contributed by atoms with E-state index in [9.17, 15) is 4.79 Å². The molecule has 0 radical (unpaired) electrons. The van der Waals surface area contributed by atoms with E-state index in [0.717, 1.165) is 50.3 Å². The number of carbonyl (C=O) groups excluding carboxylic acids is 1. The molecule has 3 heteroatoms. The molecule has 1 aromatic heterocycles. The zero-order valence-electron chi connectivity index (χ0n) is 10.7. The third kappa shape index (κ3) is 3.09. The molecule has 0 saturated carbocycles. The van der Waals surface area contributed by atoms with E-state index in [1.165, 1.54) is 4.88 Å². The summed E-state index contributed by atoms with van der Waals surface area (Å²) in [5.41, 5.74) is 0.896. The van der Waals surface area contributed by atoms with Crippen LogP contribution >= 0.6 is 11.3 Å². The molecule has 1 saturated heterocycles. The van der Waals surface area contributed by atoms with Gasteiger partial charge in [0.15, 0.2) is 0 Å². The first-order chi connectivity index (χ1) is 8.20. The standard InChI is InChI=1S/C14H21NOS/c1-3-4-13-9-12(10-17-13)14(16)15-7-5-11(2)6-8-15/h9-11H,3-8H2,1-2H3. The molecule has 2 heterocycles. The van der Waals surface area contributed by atoms with Crippen molar-refractivity contribution in [2.75, 3.05) is 13.1 Å². The highest BCUT2D eigenvalue weighted by Gasteiger charge is 2.21. The lowest BCUT2D eigenvalue weighted by molar-refractivity contribution is 0.0697. The van der Waals surface area contributed by atoms with Crippen molar-refractivity contribution in [2.45, 2.75) is 39.5 Å². The summed E-state index contributed by atoms with van der Waals surface area (Å²) in [6, 6.07) is 2.08. The Kier molecular flexibility index (Phi) is 4.21. The van der Waals surface area contributed by atoms with Gasteiger partial charge < -0.3 is 4.90 Å². The van der Waals surface area contributed by atoms with Crippen LogP contribution in [-0.2, 0) is 6.42 Å². The summed E-state index contributed by atoms with van der Waals surface area (Å²) in [5, 5.41) is 2.02. The third-order valence-corrected chi connectivity index (χ3v) is 4.46. The highest BCUT2D eigenvalue weighted by molar-refractivity contribution is 7.10. The van der Waals surface area contributed by atoms with Gasteiger partial charge in [-0.3, -0.25) is 4.79 Å². The lowest BCUT2D eigenvalue weighted by Gasteiger charge is -2.30. The SMILES string of the molecule is CCCc1cc(C(=O)N2CCC(C)CC2)cs1. The van der Waals surface area contributed by atoms with E-state index < -0.39 is 0 Å². The quantitative estimate of drug-likeness (QED) is 0.804. The molecular weight excluding hydrogens is 230 g/mol. The highest BCUT2D eigenvalue weighted by Crippen LogP contribution is 2.21. The van der Waals surface area contributed by atoms with Crippen LogP contribution in [0.2, 0.25) is 0 Å². The summed E-state index contributed by atoms with van der Waals surface area (Å²) in [7, 11) is 0. The zero-order valence-corrected chi connectivity index (χ0v) is 11.6. The van der Waals surface area contributed by atoms with Gasteiger partial charge in [-0.25, -0.2) is 0 Å². The zero-order chi connectivity index (χ0) is 12.3. The van der Waals surface area contributed by atoms with Crippen molar-refractivity contribution < 1.29 is 4.79 Å². The molecule has 2 rings (SSSR count). The minimum Gasteiger partial charge on any atom is -0.339 e. The first kappa shape index (κ1) is 12.6. The lowest BCUT2D eigenvalue weighted by Crippen LogP contribution is -2.37. The summed E-state index contributed by atoms with van der Waals surface area (Å²) in [5.74, 6) is 1.01. The van der Waals surface area contributed by atoms with Crippen molar-refractivity contribution in [2.24, 2.45) is 5.92 Å². The molecule has 0 N–H and O–H groups in total. The number of hydrogen-bond acceptors (Lipinski definition) is 2. The highest BCUT2D eigenvalue weighted by atomic mass is 32.1. The number of nitrogens with zero attached hydrogens (tertiary/aromatic N) is 1. The Bertz CT molecular complexity index is 377. The summed E-state index contributed by atoms with van der Waals surface area (Å²) in [6.07, 6.45) is 4.54. The summed E-state index contributed by atoms with van der Waals surface area (Å²) in [4.78, 5) is 15.6. The van der Waals surface area contributed by atoms with Crippen molar-refractivity contribution in [3.8, 4) is 0 Å². The maximum Gasteiger partial charge on any atom is 0.254 e. The fourth-order valence-electron chi connectivity index (χ4n) is 2.26. The fraction of sp³-hybridized carbons (Fsp3) is 0.643. The second-order valence-corrected chi connectivity index (χ2v) is 6.02. The number of thiophene rings is 1. The number of likely N-dealkylation sites (tertiary alicyclic amines) is 1. The Morgan fingerprint density at radius 2 is 2.18 bits per heavy atom. The molecule has 0 aliphatic carbocycles. The van der Waals surface area contributed by atoms with Crippen LogP contribution in [0.3, 0.4) is 0 Å². The van der Waals surface area contributed by atoms with Crippen LogP contribution in [0.5, 0.6) is 0 Å². The average Bonchev–Trinajstić information content (AvgIpc) is 2.78. The van der Waals surface area contributed by atoms with Crippen LogP contribution in [0.4, 0.5) is 0 Å². The van der Waals surface area contributed by atoms with Gasteiger partial charge in [-0.15, -0.1) is 11.3 Å². The second-order valence-electron chi connectivity index (χ2n) is 5.03. The van der Waals surface area contributed by atoms with E-state index in [-0.39, 0.29) is 5.91 Å². The normalized spacial score (nSPS) is 17.4. The van der Waals surface area contributed by atoms with E-state index in [1.807, 2.05) is 10.3 Å². The van der Waals surface area contributed by atoms with Crippen molar-refractivity contribution in [3.63, 3.8) is 0 Å². The Morgan fingerprint density at radius 1 is 1.47 bits per heavy atom. The summed E-state index contributed by atoms with van der Waals surface area (Å²) < 4.78 is 0. The molecule has 94 valence electrons. The van der Waals surface area contributed by atoms with Gasteiger partial charge in [0.25, 0.3) is 5.91 Å². The van der Waals surface area contributed by atoms with Gasteiger partial charge >= 0.3 is 0 Å². The van der Waals surface area contributed by atoms with Crippen LogP contribution in [0.15, 0.2) is 11.4 Å². The molecule has 0 aromatic carbocycles. The van der Waals surface area contributed by atoms with Gasteiger partial charge in [0.2, 0.25) is 0 Å². The van der Waals surface area contributed by atoms with E-state index in [0.29, 0.717) is 0 Å². The first-order valence-electron chi connectivity index (χ1n) is 6.57. The van der Waals surface area contributed by atoms with E-state index >= 15 is 0 Å². The molecule has 1 amide bonds. The molecular formula is C14H21NOS. The van der Waals surface area contributed by atoms with Gasteiger partial charge in [0.1, 0.15) is 0 Å². The Hall–Kier alpha value is -0.830. The van der Waals surface area contributed by atoms with E-state index in [1.54, 1.807) is 11.3 Å². The maximum absolute atomic E-state index is 12.3.